The number of hydrogen-bond donors (Lipinski definition) is 0. The minimum Gasteiger partial charge on any atom is -0.309 e. The standard InChI is InChI=1S/C20H21N3O2S/c1-14(2)23(15-9-5-4-6-10-15)18(24)13-26-20-21-17-12-8-7-11-16(17)19(25)22(20)3/h4-12,14H,13H2,1-3H3. The maximum atomic E-state index is 12.8. The van der Waals surface area contributed by atoms with E-state index in [-0.39, 0.29) is 23.3 Å². The molecule has 0 fully saturated rings. The lowest BCUT2D eigenvalue weighted by molar-refractivity contribution is -0.116. The van der Waals surface area contributed by atoms with E-state index in [9.17, 15) is 9.59 Å². The number of para-hydroxylation sites is 2. The topological polar surface area (TPSA) is 55.2 Å². The van der Waals surface area contributed by atoms with Crippen LogP contribution in [0.15, 0.2) is 64.5 Å². The molecule has 3 rings (SSSR count). The van der Waals surface area contributed by atoms with Gasteiger partial charge in [0.1, 0.15) is 0 Å². The Bertz CT molecular complexity index is 983. The van der Waals surface area contributed by atoms with E-state index < -0.39 is 0 Å². The Labute approximate surface area is 156 Å². The van der Waals surface area contributed by atoms with Gasteiger partial charge in [-0.3, -0.25) is 14.2 Å². The molecule has 0 aliphatic carbocycles. The minimum atomic E-state index is -0.102. The Morgan fingerprint density at radius 1 is 1.12 bits per heavy atom. The van der Waals surface area contributed by atoms with Crippen molar-refractivity contribution in [3.8, 4) is 0 Å². The highest BCUT2D eigenvalue weighted by Gasteiger charge is 2.20. The molecule has 134 valence electrons. The third kappa shape index (κ3) is 3.65. The lowest BCUT2D eigenvalue weighted by atomic mass is 10.2. The van der Waals surface area contributed by atoms with Crippen molar-refractivity contribution in [1.29, 1.82) is 0 Å². The number of carbonyl (C=O) groups excluding carboxylic acids is 1. The normalized spacial score (nSPS) is 11.1. The van der Waals surface area contributed by atoms with Crippen molar-refractivity contribution in [3.05, 3.63) is 65.0 Å². The average Bonchev–Trinajstić information content (AvgIpc) is 2.64. The molecule has 5 nitrogen and oxygen atoms in total. The number of thioether (sulfide) groups is 1. The van der Waals surface area contributed by atoms with Crippen LogP contribution in [0.5, 0.6) is 0 Å². The molecule has 2 aromatic carbocycles. The fourth-order valence-corrected chi connectivity index (χ4v) is 3.67. The molecule has 1 amide bonds. The van der Waals surface area contributed by atoms with E-state index in [1.54, 1.807) is 18.0 Å². The number of carbonyl (C=O) groups is 1. The molecule has 1 heterocycles. The van der Waals surface area contributed by atoms with Gasteiger partial charge in [-0.05, 0) is 38.1 Å². The van der Waals surface area contributed by atoms with Crippen LogP contribution in [0.2, 0.25) is 0 Å². The fourth-order valence-electron chi connectivity index (χ4n) is 2.84. The van der Waals surface area contributed by atoms with Gasteiger partial charge in [0, 0.05) is 18.8 Å². The molecule has 1 aromatic heterocycles. The summed E-state index contributed by atoms with van der Waals surface area (Å²) in [6, 6.07) is 16.9. The molecule has 0 saturated carbocycles. The Hall–Kier alpha value is -2.60. The van der Waals surface area contributed by atoms with Gasteiger partial charge in [0.25, 0.3) is 5.56 Å². The van der Waals surface area contributed by atoms with E-state index in [1.807, 2.05) is 62.4 Å². The van der Waals surface area contributed by atoms with Crippen molar-refractivity contribution in [2.45, 2.75) is 25.0 Å². The fraction of sp³-hybridized carbons (Fsp3) is 0.250. The van der Waals surface area contributed by atoms with Gasteiger partial charge in [0.15, 0.2) is 5.16 Å². The Kier molecular flexibility index (Phi) is 5.42. The number of hydrogen-bond acceptors (Lipinski definition) is 4. The monoisotopic (exact) mass is 367 g/mol. The molecule has 26 heavy (non-hydrogen) atoms. The van der Waals surface area contributed by atoms with Crippen LogP contribution >= 0.6 is 11.8 Å². The first kappa shape index (κ1) is 18.2. The van der Waals surface area contributed by atoms with Crippen LogP contribution in [-0.4, -0.2) is 27.3 Å². The van der Waals surface area contributed by atoms with Crippen molar-refractivity contribution in [1.82, 2.24) is 9.55 Å². The molecule has 0 atom stereocenters. The quantitative estimate of drug-likeness (QED) is 0.512. The van der Waals surface area contributed by atoms with Crippen LogP contribution < -0.4 is 10.5 Å². The number of anilines is 1. The number of rotatable bonds is 5. The lowest BCUT2D eigenvalue weighted by Gasteiger charge is -2.26. The zero-order chi connectivity index (χ0) is 18.7. The van der Waals surface area contributed by atoms with Gasteiger partial charge in [0.05, 0.1) is 16.7 Å². The molecule has 0 aliphatic heterocycles. The minimum absolute atomic E-state index is 0.0152. The van der Waals surface area contributed by atoms with Crippen LogP contribution in [0.4, 0.5) is 5.69 Å². The molecular weight excluding hydrogens is 346 g/mol. The summed E-state index contributed by atoms with van der Waals surface area (Å²) in [6.07, 6.45) is 0. The smallest absolute Gasteiger partial charge is 0.261 e. The van der Waals surface area contributed by atoms with Crippen molar-refractivity contribution in [2.75, 3.05) is 10.7 Å². The maximum Gasteiger partial charge on any atom is 0.261 e. The van der Waals surface area contributed by atoms with Crippen LogP contribution in [-0.2, 0) is 11.8 Å². The molecule has 3 aromatic rings. The van der Waals surface area contributed by atoms with Gasteiger partial charge in [-0.25, -0.2) is 4.98 Å². The van der Waals surface area contributed by atoms with Gasteiger partial charge < -0.3 is 4.90 Å². The predicted molar refractivity (Wildman–Crippen MR) is 107 cm³/mol. The highest BCUT2D eigenvalue weighted by molar-refractivity contribution is 7.99. The number of amides is 1. The highest BCUT2D eigenvalue weighted by atomic mass is 32.2. The van der Waals surface area contributed by atoms with Gasteiger partial charge in [-0.1, -0.05) is 42.1 Å². The molecule has 0 unspecified atom stereocenters. The third-order valence-corrected chi connectivity index (χ3v) is 5.10. The largest absolute Gasteiger partial charge is 0.309 e. The number of benzene rings is 2. The summed E-state index contributed by atoms with van der Waals surface area (Å²) in [5.74, 6) is 0.199. The summed E-state index contributed by atoms with van der Waals surface area (Å²) in [7, 11) is 1.69. The molecular formula is C20H21N3O2S. The number of fused-ring (bicyclic) bond motifs is 1. The van der Waals surface area contributed by atoms with E-state index in [4.69, 9.17) is 0 Å². The number of nitrogens with zero attached hydrogens (tertiary/aromatic N) is 3. The predicted octanol–water partition coefficient (Wildman–Crippen LogP) is 3.47. The van der Waals surface area contributed by atoms with E-state index in [0.29, 0.717) is 16.1 Å². The van der Waals surface area contributed by atoms with Gasteiger partial charge in [-0.2, -0.15) is 0 Å². The van der Waals surface area contributed by atoms with E-state index in [2.05, 4.69) is 4.98 Å². The highest BCUT2D eigenvalue weighted by Crippen LogP contribution is 2.21. The van der Waals surface area contributed by atoms with Crippen molar-refractivity contribution < 1.29 is 4.79 Å². The first-order valence-electron chi connectivity index (χ1n) is 8.44. The second-order valence-corrected chi connectivity index (χ2v) is 7.20. The summed E-state index contributed by atoms with van der Waals surface area (Å²) < 4.78 is 1.50. The van der Waals surface area contributed by atoms with E-state index in [1.165, 1.54) is 16.3 Å². The molecule has 0 spiro atoms. The SMILES string of the molecule is CC(C)N(C(=O)CSc1nc2ccccc2c(=O)n1C)c1ccccc1. The van der Waals surface area contributed by atoms with Crippen LogP contribution in [0, 0.1) is 0 Å². The first-order chi connectivity index (χ1) is 12.5. The maximum absolute atomic E-state index is 12.8. The third-order valence-electron chi connectivity index (χ3n) is 4.09. The summed E-state index contributed by atoms with van der Waals surface area (Å²) in [5, 5.41) is 1.12. The lowest BCUT2D eigenvalue weighted by Crippen LogP contribution is -2.38. The first-order valence-corrected chi connectivity index (χ1v) is 9.43. The van der Waals surface area contributed by atoms with Crippen molar-refractivity contribution in [3.63, 3.8) is 0 Å². The Morgan fingerprint density at radius 3 is 2.46 bits per heavy atom. The molecule has 0 bridgehead atoms. The molecule has 0 radical (unpaired) electrons. The van der Waals surface area contributed by atoms with Crippen molar-refractivity contribution >= 4 is 34.3 Å². The molecule has 0 N–H and O–H groups in total. The summed E-state index contributed by atoms with van der Waals surface area (Å²) in [5.41, 5.74) is 1.41. The summed E-state index contributed by atoms with van der Waals surface area (Å²) in [4.78, 5) is 31.6. The average molecular weight is 367 g/mol. The van der Waals surface area contributed by atoms with Gasteiger partial charge in [-0.15, -0.1) is 0 Å². The van der Waals surface area contributed by atoms with Crippen LogP contribution in [0.1, 0.15) is 13.8 Å². The second-order valence-electron chi connectivity index (χ2n) is 6.26. The van der Waals surface area contributed by atoms with Gasteiger partial charge in [0.2, 0.25) is 5.91 Å². The summed E-state index contributed by atoms with van der Waals surface area (Å²) >= 11 is 1.29. The molecule has 6 heteroatoms. The van der Waals surface area contributed by atoms with Crippen LogP contribution in [0.3, 0.4) is 0 Å². The second kappa shape index (κ2) is 7.74. The zero-order valence-corrected chi connectivity index (χ0v) is 15.9. The summed E-state index contributed by atoms with van der Waals surface area (Å²) in [6.45, 7) is 3.97. The van der Waals surface area contributed by atoms with E-state index >= 15 is 0 Å². The Morgan fingerprint density at radius 2 is 1.77 bits per heavy atom. The Balaban J connectivity index is 1.84. The molecule has 0 aliphatic rings. The molecule has 0 saturated heterocycles. The van der Waals surface area contributed by atoms with Crippen molar-refractivity contribution in [2.24, 2.45) is 7.05 Å². The van der Waals surface area contributed by atoms with Crippen LogP contribution in [0.25, 0.3) is 10.9 Å². The van der Waals surface area contributed by atoms with E-state index in [0.717, 1.165) is 5.69 Å². The van der Waals surface area contributed by atoms with Gasteiger partial charge >= 0.3 is 0 Å². The number of aromatic nitrogens is 2. The zero-order valence-electron chi connectivity index (χ0n) is 15.0.